The summed E-state index contributed by atoms with van der Waals surface area (Å²) in [6.07, 6.45) is -5.24. The fourth-order valence-electron chi connectivity index (χ4n) is 1.52. The molecule has 1 heterocycles. The molecular formula is C10H13F3N2O4S. The van der Waals surface area contributed by atoms with Crippen LogP contribution >= 0.6 is 0 Å². The molecule has 0 fully saturated rings. The minimum Gasteiger partial charge on any atom is -0.481 e. The van der Waals surface area contributed by atoms with E-state index >= 15 is 0 Å². The molecule has 20 heavy (non-hydrogen) atoms. The molecular weight excluding hydrogens is 301 g/mol. The van der Waals surface area contributed by atoms with Gasteiger partial charge in [-0.2, -0.15) is 18.3 Å². The Hall–Kier alpha value is -1.58. The monoisotopic (exact) mass is 314 g/mol. The number of hydrogen-bond acceptors (Lipinski definition) is 4. The average Bonchev–Trinajstić information content (AvgIpc) is 2.68. The highest BCUT2D eigenvalue weighted by Crippen LogP contribution is 2.29. The predicted molar refractivity (Wildman–Crippen MR) is 62.6 cm³/mol. The third-order valence-electron chi connectivity index (χ3n) is 2.45. The molecule has 114 valence electrons. The molecule has 0 bridgehead atoms. The summed E-state index contributed by atoms with van der Waals surface area (Å²) in [7, 11) is -3.80. The van der Waals surface area contributed by atoms with E-state index in [1.807, 2.05) is 0 Å². The second-order valence-corrected chi connectivity index (χ2v) is 6.25. The van der Waals surface area contributed by atoms with E-state index in [-0.39, 0.29) is 12.2 Å². The van der Waals surface area contributed by atoms with Crippen molar-refractivity contribution in [3.05, 3.63) is 17.5 Å². The molecule has 0 aliphatic heterocycles. The van der Waals surface area contributed by atoms with Crippen LogP contribution in [0.3, 0.4) is 0 Å². The van der Waals surface area contributed by atoms with Gasteiger partial charge in [0.25, 0.3) is 0 Å². The lowest BCUT2D eigenvalue weighted by Gasteiger charge is -2.05. The van der Waals surface area contributed by atoms with Crippen LogP contribution < -0.4 is 0 Å². The number of aliphatic carboxylic acids is 1. The van der Waals surface area contributed by atoms with Crippen molar-refractivity contribution in [3.63, 3.8) is 0 Å². The number of aryl methyl sites for hydroxylation is 1. The first-order valence-electron chi connectivity index (χ1n) is 5.61. The molecule has 1 aromatic heterocycles. The molecule has 10 heteroatoms. The van der Waals surface area contributed by atoms with Gasteiger partial charge in [-0.15, -0.1) is 0 Å². The van der Waals surface area contributed by atoms with Gasteiger partial charge < -0.3 is 5.11 Å². The molecule has 0 aromatic carbocycles. The van der Waals surface area contributed by atoms with Crippen LogP contribution in [0.5, 0.6) is 0 Å². The van der Waals surface area contributed by atoms with E-state index in [1.54, 1.807) is 0 Å². The number of rotatable bonds is 6. The van der Waals surface area contributed by atoms with Crippen LogP contribution in [0.25, 0.3) is 0 Å². The molecule has 6 nitrogen and oxygen atoms in total. The standard InChI is InChI=1S/C10H13F3N2O4S/c1-2-15-7(5-8(14-15)10(11,12)13)6-20(18,19)4-3-9(16)17/h5H,2-4,6H2,1H3,(H,16,17). The molecule has 1 N–H and O–H groups in total. The maximum Gasteiger partial charge on any atom is 0.435 e. The van der Waals surface area contributed by atoms with Crippen molar-refractivity contribution in [1.29, 1.82) is 0 Å². The Bertz CT molecular complexity index is 592. The zero-order chi connectivity index (χ0) is 15.6. The summed E-state index contributed by atoms with van der Waals surface area (Å²) >= 11 is 0. The van der Waals surface area contributed by atoms with Gasteiger partial charge in [-0.05, 0) is 13.0 Å². The van der Waals surface area contributed by atoms with E-state index in [2.05, 4.69) is 5.10 Å². The third kappa shape index (κ3) is 4.51. The number of carboxylic acids is 1. The molecule has 0 saturated heterocycles. The smallest absolute Gasteiger partial charge is 0.435 e. The van der Waals surface area contributed by atoms with Crippen LogP contribution in [0, 0.1) is 0 Å². The van der Waals surface area contributed by atoms with Crippen molar-refractivity contribution < 1.29 is 31.5 Å². The molecule has 0 saturated carbocycles. The second-order valence-electron chi connectivity index (χ2n) is 4.07. The van der Waals surface area contributed by atoms with Crippen molar-refractivity contribution >= 4 is 15.8 Å². The van der Waals surface area contributed by atoms with Gasteiger partial charge in [0.05, 0.1) is 23.6 Å². The fraction of sp³-hybridized carbons (Fsp3) is 0.600. The van der Waals surface area contributed by atoms with Gasteiger partial charge >= 0.3 is 12.1 Å². The first-order chi connectivity index (χ1) is 9.05. The average molecular weight is 314 g/mol. The lowest BCUT2D eigenvalue weighted by molar-refractivity contribution is -0.141. The van der Waals surface area contributed by atoms with Gasteiger partial charge in [0, 0.05) is 6.54 Å². The summed E-state index contributed by atoms with van der Waals surface area (Å²) in [6.45, 7) is 1.61. The molecule has 0 amide bonds. The van der Waals surface area contributed by atoms with Gasteiger partial charge in [-0.25, -0.2) is 8.42 Å². The predicted octanol–water partition coefficient (Wildman–Crippen LogP) is 1.31. The normalized spacial score (nSPS) is 12.6. The van der Waals surface area contributed by atoms with Crippen LogP contribution in [-0.4, -0.2) is 35.0 Å². The maximum absolute atomic E-state index is 12.5. The van der Waals surface area contributed by atoms with Crippen LogP contribution in [-0.2, 0) is 33.1 Å². The Morgan fingerprint density at radius 1 is 1.45 bits per heavy atom. The largest absolute Gasteiger partial charge is 0.481 e. The van der Waals surface area contributed by atoms with Gasteiger partial charge in [0.15, 0.2) is 15.5 Å². The highest BCUT2D eigenvalue weighted by atomic mass is 32.2. The SMILES string of the molecule is CCn1nc(C(F)(F)F)cc1CS(=O)(=O)CCC(=O)O. The van der Waals surface area contributed by atoms with Crippen molar-refractivity contribution in [3.8, 4) is 0 Å². The van der Waals surface area contributed by atoms with Crippen LogP contribution in [0.2, 0.25) is 0 Å². The topological polar surface area (TPSA) is 89.3 Å². The van der Waals surface area contributed by atoms with Gasteiger partial charge in [0.1, 0.15) is 0 Å². The van der Waals surface area contributed by atoms with Crippen LogP contribution in [0.15, 0.2) is 6.07 Å². The lowest BCUT2D eigenvalue weighted by atomic mass is 10.3. The zero-order valence-corrected chi connectivity index (χ0v) is 11.3. The summed E-state index contributed by atoms with van der Waals surface area (Å²) in [5.74, 6) is -2.58. The Labute approximate surface area is 113 Å². The number of aromatic nitrogens is 2. The summed E-state index contributed by atoms with van der Waals surface area (Å²) in [5, 5.41) is 11.7. The van der Waals surface area contributed by atoms with E-state index in [0.29, 0.717) is 6.07 Å². The summed E-state index contributed by atoms with van der Waals surface area (Å²) < 4.78 is 61.7. The number of alkyl halides is 3. The quantitative estimate of drug-likeness (QED) is 0.855. The Kier molecular flexibility index (Phi) is 4.79. The Morgan fingerprint density at radius 3 is 2.50 bits per heavy atom. The first-order valence-corrected chi connectivity index (χ1v) is 7.43. The van der Waals surface area contributed by atoms with E-state index in [9.17, 15) is 26.4 Å². The number of carbonyl (C=O) groups is 1. The molecule has 0 aliphatic carbocycles. The first kappa shape index (κ1) is 16.5. The van der Waals surface area contributed by atoms with Gasteiger partial charge in [-0.1, -0.05) is 0 Å². The number of nitrogens with zero attached hydrogens (tertiary/aromatic N) is 2. The minimum absolute atomic E-state index is 0.0832. The van der Waals surface area contributed by atoms with Crippen LogP contribution in [0.4, 0.5) is 13.2 Å². The number of sulfone groups is 1. The number of hydrogen-bond donors (Lipinski definition) is 1. The molecule has 0 radical (unpaired) electrons. The van der Waals surface area contributed by atoms with Gasteiger partial charge in [-0.3, -0.25) is 9.48 Å². The van der Waals surface area contributed by atoms with Gasteiger partial charge in [0.2, 0.25) is 0 Å². The summed E-state index contributed by atoms with van der Waals surface area (Å²) in [5.41, 5.74) is -1.27. The fourth-order valence-corrected chi connectivity index (χ4v) is 2.84. The third-order valence-corrected chi connectivity index (χ3v) is 4.01. The Balaban J connectivity index is 2.97. The summed E-state index contributed by atoms with van der Waals surface area (Å²) in [4.78, 5) is 10.3. The molecule has 0 atom stereocenters. The lowest BCUT2D eigenvalue weighted by Crippen LogP contribution is -2.15. The molecule has 0 unspecified atom stereocenters. The minimum atomic E-state index is -4.65. The highest BCUT2D eigenvalue weighted by molar-refractivity contribution is 7.90. The van der Waals surface area contributed by atoms with Crippen LogP contribution in [0.1, 0.15) is 24.7 Å². The van der Waals surface area contributed by atoms with Crippen molar-refractivity contribution in [2.24, 2.45) is 0 Å². The highest BCUT2D eigenvalue weighted by Gasteiger charge is 2.35. The number of halogens is 3. The van der Waals surface area contributed by atoms with E-state index < -0.39 is 45.6 Å². The van der Waals surface area contributed by atoms with E-state index in [1.165, 1.54) is 6.92 Å². The Morgan fingerprint density at radius 2 is 2.05 bits per heavy atom. The summed E-state index contributed by atoms with van der Waals surface area (Å²) in [6, 6.07) is 0.668. The van der Waals surface area contributed by atoms with E-state index in [0.717, 1.165) is 4.68 Å². The molecule has 1 aromatic rings. The molecule has 0 aliphatic rings. The van der Waals surface area contributed by atoms with Crippen molar-refractivity contribution in [1.82, 2.24) is 9.78 Å². The second kappa shape index (κ2) is 5.81. The molecule has 0 spiro atoms. The van der Waals surface area contributed by atoms with Crippen molar-refractivity contribution in [2.45, 2.75) is 31.8 Å². The number of carboxylic acid groups (broad SMARTS) is 1. The van der Waals surface area contributed by atoms with E-state index in [4.69, 9.17) is 5.11 Å². The zero-order valence-electron chi connectivity index (χ0n) is 10.5. The maximum atomic E-state index is 12.5. The molecule has 1 rings (SSSR count). The van der Waals surface area contributed by atoms with Crippen molar-refractivity contribution in [2.75, 3.05) is 5.75 Å².